The number of amides is 1. The molecule has 27 heavy (non-hydrogen) atoms. The Morgan fingerprint density at radius 1 is 1.19 bits per heavy atom. The van der Waals surface area contributed by atoms with Gasteiger partial charge in [-0.25, -0.2) is 0 Å². The first kappa shape index (κ1) is 19.4. The van der Waals surface area contributed by atoms with Crippen LogP contribution >= 0.6 is 0 Å². The molecule has 0 atom stereocenters. The van der Waals surface area contributed by atoms with Crippen molar-refractivity contribution < 1.29 is 9.53 Å². The molecule has 5 heteroatoms. The molecule has 2 heterocycles. The topological polar surface area (TPSA) is 46.5 Å². The summed E-state index contributed by atoms with van der Waals surface area (Å²) in [5, 5.41) is 2.97. The Morgan fingerprint density at radius 2 is 1.93 bits per heavy atom. The predicted octanol–water partition coefficient (Wildman–Crippen LogP) is 2.95. The van der Waals surface area contributed by atoms with Crippen molar-refractivity contribution in [3.63, 3.8) is 0 Å². The largest absolute Gasteiger partial charge is 0.379 e. The van der Waals surface area contributed by atoms with Gasteiger partial charge in [-0.1, -0.05) is 18.2 Å². The van der Waals surface area contributed by atoms with E-state index in [1.165, 1.54) is 0 Å². The van der Waals surface area contributed by atoms with E-state index in [4.69, 9.17) is 4.74 Å². The molecule has 144 valence electrons. The summed E-state index contributed by atoms with van der Waals surface area (Å²) in [5.41, 5.74) is 4.50. The lowest BCUT2D eigenvalue weighted by atomic mass is 10.2. The molecule has 0 radical (unpaired) electrons. The average Bonchev–Trinajstić information content (AvgIpc) is 2.98. The summed E-state index contributed by atoms with van der Waals surface area (Å²) in [4.78, 5) is 14.5. The van der Waals surface area contributed by atoms with Crippen LogP contribution < -0.4 is 5.32 Å². The molecule has 1 fully saturated rings. The van der Waals surface area contributed by atoms with Crippen LogP contribution in [0.1, 0.15) is 23.4 Å². The highest BCUT2D eigenvalue weighted by molar-refractivity contribution is 5.91. The van der Waals surface area contributed by atoms with E-state index >= 15 is 0 Å². The number of nitrogens with one attached hydrogen (secondary N) is 1. The van der Waals surface area contributed by atoms with Crippen molar-refractivity contribution in [2.24, 2.45) is 0 Å². The molecular formula is C22H29N3O2. The standard InChI is InChI=1S/C22H29N3O2/c1-18-17-20(19(2)25(18)21-7-4-3-5-8-21)9-10-22(26)23-11-6-12-24-13-15-27-16-14-24/h3-5,7-10,17H,6,11-16H2,1-2H3,(H,23,26)/b10-9+. The first-order valence-electron chi connectivity index (χ1n) is 9.65. The van der Waals surface area contributed by atoms with Crippen LogP contribution in [0.25, 0.3) is 11.8 Å². The number of rotatable bonds is 7. The van der Waals surface area contributed by atoms with Gasteiger partial charge in [-0.05, 0) is 56.7 Å². The molecule has 1 saturated heterocycles. The SMILES string of the molecule is Cc1cc(/C=C/C(=O)NCCCN2CCOCC2)c(C)n1-c1ccccc1. The Labute approximate surface area is 161 Å². The number of benzene rings is 1. The van der Waals surface area contributed by atoms with E-state index in [1.54, 1.807) is 6.08 Å². The maximum absolute atomic E-state index is 12.1. The number of carbonyl (C=O) groups excluding carboxylic acids is 1. The van der Waals surface area contributed by atoms with Crippen molar-refractivity contribution in [2.45, 2.75) is 20.3 Å². The minimum absolute atomic E-state index is 0.0403. The van der Waals surface area contributed by atoms with Gasteiger partial charge in [-0.3, -0.25) is 9.69 Å². The van der Waals surface area contributed by atoms with Gasteiger partial charge in [0.25, 0.3) is 0 Å². The van der Waals surface area contributed by atoms with Crippen molar-refractivity contribution in [1.29, 1.82) is 0 Å². The molecule has 1 aromatic carbocycles. The second-order valence-corrected chi connectivity index (χ2v) is 6.93. The minimum atomic E-state index is -0.0403. The van der Waals surface area contributed by atoms with Crippen molar-refractivity contribution in [3.8, 4) is 5.69 Å². The van der Waals surface area contributed by atoms with Crippen molar-refractivity contribution in [2.75, 3.05) is 39.4 Å². The van der Waals surface area contributed by atoms with E-state index < -0.39 is 0 Å². The quantitative estimate of drug-likeness (QED) is 0.605. The van der Waals surface area contributed by atoms with Gasteiger partial charge in [0.2, 0.25) is 5.91 Å². The molecule has 1 aliphatic rings. The number of ether oxygens (including phenoxy) is 1. The van der Waals surface area contributed by atoms with Crippen LogP contribution in [0.2, 0.25) is 0 Å². The van der Waals surface area contributed by atoms with Crippen LogP contribution in [0.3, 0.4) is 0 Å². The molecule has 1 amide bonds. The van der Waals surface area contributed by atoms with E-state index in [-0.39, 0.29) is 5.91 Å². The zero-order valence-electron chi connectivity index (χ0n) is 16.3. The third kappa shape index (κ3) is 5.31. The van der Waals surface area contributed by atoms with Crippen LogP contribution in [0, 0.1) is 13.8 Å². The van der Waals surface area contributed by atoms with Crippen LogP contribution in [-0.2, 0) is 9.53 Å². The fourth-order valence-corrected chi connectivity index (χ4v) is 3.49. The van der Waals surface area contributed by atoms with E-state index in [0.717, 1.165) is 61.9 Å². The number of aryl methyl sites for hydroxylation is 1. The highest BCUT2D eigenvalue weighted by atomic mass is 16.5. The Morgan fingerprint density at radius 3 is 2.67 bits per heavy atom. The summed E-state index contributed by atoms with van der Waals surface area (Å²) < 4.78 is 7.55. The number of para-hydroxylation sites is 1. The molecule has 0 saturated carbocycles. The Balaban J connectivity index is 1.51. The monoisotopic (exact) mass is 367 g/mol. The van der Waals surface area contributed by atoms with Crippen LogP contribution in [0.5, 0.6) is 0 Å². The molecule has 1 aliphatic heterocycles. The second kappa shape index (κ2) is 9.53. The second-order valence-electron chi connectivity index (χ2n) is 6.93. The summed E-state index contributed by atoms with van der Waals surface area (Å²) in [5.74, 6) is -0.0403. The molecule has 1 aromatic heterocycles. The highest BCUT2D eigenvalue weighted by Crippen LogP contribution is 2.21. The van der Waals surface area contributed by atoms with Gasteiger partial charge in [0.1, 0.15) is 0 Å². The van der Waals surface area contributed by atoms with Gasteiger partial charge in [0, 0.05) is 42.8 Å². The molecule has 5 nitrogen and oxygen atoms in total. The molecule has 0 bridgehead atoms. The fourth-order valence-electron chi connectivity index (χ4n) is 3.49. The molecule has 3 rings (SSSR count). The lowest BCUT2D eigenvalue weighted by Crippen LogP contribution is -2.38. The number of carbonyl (C=O) groups is 1. The van der Waals surface area contributed by atoms with Gasteiger partial charge >= 0.3 is 0 Å². The molecule has 2 aromatic rings. The summed E-state index contributed by atoms with van der Waals surface area (Å²) in [6.07, 6.45) is 4.49. The van der Waals surface area contributed by atoms with Gasteiger partial charge in [0.15, 0.2) is 0 Å². The third-order valence-corrected chi connectivity index (χ3v) is 4.95. The number of morpholine rings is 1. The van der Waals surface area contributed by atoms with E-state index in [0.29, 0.717) is 6.54 Å². The lowest BCUT2D eigenvalue weighted by molar-refractivity contribution is -0.116. The maximum atomic E-state index is 12.1. The zero-order chi connectivity index (χ0) is 19.1. The van der Waals surface area contributed by atoms with Crippen molar-refractivity contribution >= 4 is 12.0 Å². The smallest absolute Gasteiger partial charge is 0.244 e. The number of hydrogen-bond donors (Lipinski definition) is 1. The molecule has 0 aliphatic carbocycles. The van der Waals surface area contributed by atoms with Gasteiger partial charge in [0.05, 0.1) is 13.2 Å². The Bertz CT molecular complexity index is 774. The average molecular weight is 367 g/mol. The maximum Gasteiger partial charge on any atom is 0.244 e. The minimum Gasteiger partial charge on any atom is -0.379 e. The highest BCUT2D eigenvalue weighted by Gasteiger charge is 2.10. The van der Waals surface area contributed by atoms with Gasteiger partial charge in [-0.15, -0.1) is 0 Å². The number of aromatic nitrogens is 1. The lowest BCUT2D eigenvalue weighted by Gasteiger charge is -2.26. The van der Waals surface area contributed by atoms with Crippen molar-refractivity contribution in [3.05, 3.63) is 59.4 Å². The summed E-state index contributed by atoms with van der Waals surface area (Å²) in [6.45, 7) is 9.49. The fraction of sp³-hybridized carbons (Fsp3) is 0.409. The first-order chi connectivity index (χ1) is 13.1. The number of hydrogen-bond acceptors (Lipinski definition) is 3. The summed E-state index contributed by atoms with van der Waals surface area (Å²) in [7, 11) is 0. The normalized spacial score (nSPS) is 15.3. The summed E-state index contributed by atoms with van der Waals surface area (Å²) in [6, 6.07) is 12.4. The van der Waals surface area contributed by atoms with E-state index in [2.05, 4.69) is 46.8 Å². The molecule has 0 unspecified atom stereocenters. The molecule has 1 N–H and O–H groups in total. The summed E-state index contributed by atoms with van der Waals surface area (Å²) >= 11 is 0. The van der Waals surface area contributed by atoms with Crippen LogP contribution in [0.4, 0.5) is 0 Å². The third-order valence-electron chi connectivity index (χ3n) is 4.95. The van der Waals surface area contributed by atoms with Gasteiger partial charge in [-0.2, -0.15) is 0 Å². The van der Waals surface area contributed by atoms with E-state index in [9.17, 15) is 4.79 Å². The first-order valence-corrected chi connectivity index (χ1v) is 9.65. The van der Waals surface area contributed by atoms with Crippen LogP contribution in [-0.4, -0.2) is 54.8 Å². The number of nitrogens with zero attached hydrogens (tertiary/aromatic N) is 2. The Kier molecular flexibility index (Phi) is 6.85. The molecular weight excluding hydrogens is 338 g/mol. The van der Waals surface area contributed by atoms with E-state index in [1.807, 2.05) is 24.3 Å². The van der Waals surface area contributed by atoms with Gasteiger partial charge < -0.3 is 14.6 Å². The predicted molar refractivity (Wildman–Crippen MR) is 109 cm³/mol. The van der Waals surface area contributed by atoms with Crippen molar-refractivity contribution in [1.82, 2.24) is 14.8 Å². The van der Waals surface area contributed by atoms with Crippen LogP contribution in [0.15, 0.2) is 42.5 Å². The molecule has 0 spiro atoms. The zero-order valence-corrected chi connectivity index (χ0v) is 16.3. The Hall–Kier alpha value is -2.37.